The van der Waals surface area contributed by atoms with Gasteiger partial charge in [0.15, 0.2) is 0 Å². The summed E-state index contributed by atoms with van der Waals surface area (Å²) in [6.07, 6.45) is 7.22. The highest BCUT2D eigenvalue weighted by molar-refractivity contribution is 6.54. The van der Waals surface area contributed by atoms with Crippen LogP contribution in [-0.4, -0.2) is 22.5 Å². The monoisotopic (exact) mass is 172 g/mol. The number of hydrogen-bond donors (Lipinski definition) is 0. The van der Waals surface area contributed by atoms with Crippen LogP contribution in [0.5, 0.6) is 0 Å². The Morgan fingerprint density at radius 1 is 1.18 bits per heavy atom. The van der Waals surface area contributed by atoms with Gasteiger partial charge < -0.3 is 8.85 Å². The Balaban J connectivity index is 3.35. The van der Waals surface area contributed by atoms with Gasteiger partial charge in [-0.3, -0.25) is 0 Å². The number of terminal acetylenes is 1. The second kappa shape index (κ2) is 7.80. The van der Waals surface area contributed by atoms with E-state index in [-0.39, 0.29) is 0 Å². The molecule has 2 nitrogen and oxygen atoms in total. The fraction of sp³-hybridized carbons (Fsp3) is 0.750. The lowest BCUT2D eigenvalue weighted by atomic mass is 10.5. The Kier molecular flexibility index (Phi) is 7.59. The third-order valence-corrected chi connectivity index (χ3v) is 2.43. The summed E-state index contributed by atoms with van der Waals surface area (Å²) in [4.78, 5) is 0. The van der Waals surface area contributed by atoms with Crippen molar-refractivity contribution >= 4 is 9.28 Å². The van der Waals surface area contributed by atoms with Gasteiger partial charge in [0.1, 0.15) is 0 Å². The predicted molar refractivity (Wildman–Crippen MR) is 48.5 cm³/mol. The highest BCUT2D eigenvalue weighted by Crippen LogP contribution is 1.91. The Bertz CT molecular complexity index is 112. The van der Waals surface area contributed by atoms with Crippen LogP contribution in [0.4, 0.5) is 0 Å². The van der Waals surface area contributed by atoms with Gasteiger partial charge in [-0.25, -0.2) is 0 Å². The summed E-state index contributed by atoms with van der Waals surface area (Å²) in [7, 11) is -1.72. The van der Waals surface area contributed by atoms with Crippen molar-refractivity contribution in [3.63, 3.8) is 0 Å². The van der Waals surface area contributed by atoms with Crippen LogP contribution in [0.3, 0.4) is 0 Å². The van der Waals surface area contributed by atoms with Crippen LogP contribution < -0.4 is 0 Å². The molecule has 0 aromatic rings. The molecule has 0 aliphatic heterocycles. The van der Waals surface area contributed by atoms with Crippen molar-refractivity contribution < 1.29 is 8.85 Å². The van der Waals surface area contributed by atoms with E-state index >= 15 is 0 Å². The summed E-state index contributed by atoms with van der Waals surface area (Å²) in [5, 5.41) is 0. The van der Waals surface area contributed by atoms with Gasteiger partial charge in [0.05, 0.1) is 0 Å². The first-order valence-electron chi connectivity index (χ1n) is 4.04. The van der Waals surface area contributed by atoms with E-state index < -0.39 is 9.28 Å². The Hall–Kier alpha value is -0.303. The first-order chi connectivity index (χ1) is 5.35. The molecule has 0 saturated heterocycles. The summed E-state index contributed by atoms with van der Waals surface area (Å²) in [6, 6.07) is 0. The first kappa shape index (κ1) is 10.7. The summed E-state index contributed by atoms with van der Waals surface area (Å²) in [6.45, 7) is 5.57. The van der Waals surface area contributed by atoms with Crippen LogP contribution in [0.2, 0.25) is 0 Å². The van der Waals surface area contributed by atoms with Crippen molar-refractivity contribution in [1.82, 2.24) is 0 Å². The molecule has 0 fully saturated rings. The minimum absolute atomic E-state index is 0.727. The second-order valence-electron chi connectivity index (χ2n) is 2.24. The second-order valence-corrected chi connectivity index (χ2v) is 3.90. The minimum Gasteiger partial charge on any atom is -0.388 e. The minimum atomic E-state index is -1.72. The maximum absolute atomic E-state index is 5.32. The van der Waals surface area contributed by atoms with Crippen molar-refractivity contribution in [1.29, 1.82) is 0 Å². The molecule has 0 aromatic carbocycles. The predicted octanol–water partition coefficient (Wildman–Crippen LogP) is 1.23. The van der Waals surface area contributed by atoms with E-state index in [0.29, 0.717) is 0 Å². The lowest BCUT2D eigenvalue weighted by molar-refractivity contribution is 0.208. The lowest BCUT2D eigenvalue weighted by Gasteiger charge is -2.09. The zero-order valence-electron chi connectivity index (χ0n) is 7.30. The van der Waals surface area contributed by atoms with Crippen molar-refractivity contribution in [3.05, 3.63) is 0 Å². The summed E-state index contributed by atoms with van der Waals surface area (Å²) in [5.74, 6) is 0. The largest absolute Gasteiger partial charge is 0.407 e. The molecule has 0 spiro atoms. The standard InChI is InChI=1S/C8H16O2Si/c1-4-7-9-11(6-3)10-8-5-2/h3,11H,4-5,7-8H2,1-2H3. The Morgan fingerprint density at radius 3 is 1.91 bits per heavy atom. The van der Waals surface area contributed by atoms with Crippen LogP contribution in [0.25, 0.3) is 0 Å². The SMILES string of the molecule is C#C[SiH](OCCC)OCCC. The molecule has 0 rings (SSSR count). The molecular weight excluding hydrogens is 156 g/mol. The molecule has 64 valence electrons. The van der Waals surface area contributed by atoms with Crippen molar-refractivity contribution in [2.45, 2.75) is 26.7 Å². The van der Waals surface area contributed by atoms with E-state index in [1.54, 1.807) is 0 Å². The van der Waals surface area contributed by atoms with Crippen molar-refractivity contribution in [2.75, 3.05) is 13.2 Å². The van der Waals surface area contributed by atoms with Crippen LogP contribution >= 0.6 is 0 Å². The highest BCUT2D eigenvalue weighted by atomic mass is 28.3. The molecule has 0 N–H and O–H groups in total. The van der Waals surface area contributed by atoms with Gasteiger partial charge in [-0.05, 0) is 12.8 Å². The molecule has 0 atom stereocenters. The van der Waals surface area contributed by atoms with E-state index in [0.717, 1.165) is 26.1 Å². The number of rotatable bonds is 6. The molecule has 0 heterocycles. The first-order valence-corrected chi connectivity index (χ1v) is 5.56. The molecule has 0 amide bonds. The van der Waals surface area contributed by atoms with E-state index in [1.165, 1.54) is 0 Å². The maximum Gasteiger partial charge on any atom is 0.407 e. The zero-order chi connectivity index (χ0) is 8.53. The fourth-order valence-electron chi connectivity index (χ4n) is 0.594. The molecule has 3 heteroatoms. The molecule has 0 bridgehead atoms. The zero-order valence-corrected chi connectivity index (χ0v) is 8.45. The lowest BCUT2D eigenvalue weighted by Crippen LogP contribution is -2.22. The average Bonchev–Trinajstić information content (AvgIpc) is 2.05. The van der Waals surface area contributed by atoms with Gasteiger partial charge in [-0.1, -0.05) is 19.4 Å². The summed E-state index contributed by atoms with van der Waals surface area (Å²) in [5.41, 5.74) is 2.57. The topological polar surface area (TPSA) is 18.5 Å². The van der Waals surface area contributed by atoms with Gasteiger partial charge in [0.25, 0.3) is 0 Å². The fourth-order valence-corrected chi connectivity index (χ4v) is 1.78. The number of hydrogen-bond acceptors (Lipinski definition) is 2. The quantitative estimate of drug-likeness (QED) is 0.443. The molecular formula is C8H16O2Si. The van der Waals surface area contributed by atoms with Crippen LogP contribution in [0.15, 0.2) is 0 Å². The summed E-state index contributed by atoms with van der Waals surface area (Å²) < 4.78 is 10.6. The average molecular weight is 172 g/mol. The molecule has 11 heavy (non-hydrogen) atoms. The molecule has 0 aromatic heterocycles. The Labute approximate surface area is 70.7 Å². The van der Waals surface area contributed by atoms with Crippen LogP contribution in [0.1, 0.15) is 26.7 Å². The van der Waals surface area contributed by atoms with Gasteiger partial charge in [0, 0.05) is 13.2 Å². The van der Waals surface area contributed by atoms with Crippen LogP contribution in [-0.2, 0) is 8.85 Å². The van der Waals surface area contributed by atoms with E-state index in [9.17, 15) is 0 Å². The van der Waals surface area contributed by atoms with Crippen molar-refractivity contribution in [3.8, 4) is 12.0 Å². The summed E-state index contributed by atoms with van der Waals surface area (Å²) >= 11 is 0. The normalized spacial score (nSPS) is 10.0. The highest BCUT2D eigenvalue weighted by Gasteiger charge is 2.07. The third-order valence-electron chi connectivity index (χ3n) is 1.08. The maximum atomic E-state index is 5.32. The van der Waals surface area contributed by atoms with Crippen LogP contribution in [0, 0.1) is 12.0 Å². The van der Waals surface area contributed by atoms with Gasteiger partial charge >= 0.3 is 9.28 Å². The van der Waals surface area contributed by atoms with Gasteiger partial charge in [0.2, 0.25) is 0 Å². The molecule has 0 unspecified atom stereocenters. The molecule has 0 aliphatic rings. The third kappa shape index (κ3) is 6.11. The Morgan fingerprint density at radius 2 is 1.64 bits per heavy atom. The van der Waals surface area contributed by atoms with Gasteiger partial charge in [-0.15, -0.1) is 6.42 Å². The molecule has 0 radical (unpaired) electrons. The van der Waals surface area contributed by atoms with E-state index in [2.05, 4.69) is 19.4 Å². The molecule has 0 saturated carbocycles. The molecule has 0 aliphatic carbocycles. The smallest absolute Gasteiger partial charge is 0.388 e. The van der Waals surface area contributed by atoms with E-state index in [4.69, 9.17) is 15.3 Å². The van der Waals surface area contributed by atoms with Crippen molar-refractivity contribution in [2.24, 2.45) is 0 Å². The van der Waals surface area contributed by atoms with E-state index in [1.807, 2.05) is 0 Å². The van der Waals surface area contributed by atoms with Gasteiger partial charge in [-0.2, -0.15) is 0 Å².